The highest BCUT2D eigenvalue weighted by Gasteiger charge is 2.33. The summed E-state index contributed by atoms with van der Waals surface area (Å²) < 4.78 is 0. The minimum Gasteiger partial charge on any atom is -0.342 e. The van der Waals surface area contributed by atoms with Crippen LogP contribution in [-0.2, 0) is 5.41 Å². The van der Waals surface area contributed by atoms with Crippen LogP contribution in [0.5, 0.6) is 0 Å². The maximum absolute atomic E-state index is 5.21. The Morgan fingerprint density at radius 1 is 0.718 bits per heavy atom. The van der Waals surface area contributed by atoms with Crippen molar-refractivity contribution in [3.63, 3.8) is 0 Å². The highest BCUT2D eigenvalue weighted by atomic mass is 15.3. The van der Waals surface area contributed by atoms with Crippen molar-refractivity contribution in [2.24, 2.45) is 5.92 Å². The molecule has 0 aliphatic carbocycles. The molecule has 204 valence electrons. The topological polar surface area (TPSA) is 35.2 Å². The number of piperazine rings is 1. The molecular weight excluding hydrogens is 476 g/mol. The van der Waals surface area contributed by atoms with Crippen molar-refractivity contribution in [3.05, 3.63) is 113 Å². The highest BCUT2D eigenvalue weighted by Crippen LogP contribution is 2.35. The van der Waals surface area contributed by atoms with Crippen LogP contribution >= 0.6 is 0 Å². The maximum atomic E-state index is 5.21. The predicted molar refractivity (Wildman–Crippen MR) is 163 cm³/mol. The molecule has 0 bridgehead atoms. The van der Waals surface area contributed by atoms with Gasteiger partial charge in [-0.2, -0.15) is 0 Å². The van der Waals surface area contributed by atoms with Gasteiger partial charge in [0.15, 0.2) is 0 Å². The Hall–Kier alpha value is -3.21. The standard InChI is InChI=1S/C35H44N4/c1-25(2)32(31-26(3)36-34(37-31)29-17-19-30(20-18-29)35(4,5)6)38-21-23-39(24-22-38)33(27-13-9-7-10-14-27)28-15-11-8-12-16-28/h7-20,25,32-33H,21-24H2,1-6H3,(H,36,37). The molecule has 4 aromatic rings. The van der Waals surface area contributed by atoms with Crippen molar-refractivity contribution >= 4 is 0 Å². The first-order valence-corrected chi connectivity index (χ1v) is 14.5. The zero-order chi connectivity index (χ0) is 27.6. The third-order valence-electron chi connectivity index (χ3n) is 8.20. The number of nitrogens with one attached hydrogen (secondary N) is 1. The van der Waals surface area contributed by atoms with Crippen molar-refractivity contribution in [2.45, 2.75) is 59.0 Å². The van der Waals surface area contributed by atoms with Crippen molar-refractivity contribution in [3.8, 4) is 11.4 Å². The van der Waals surface area contributed by atoms with Gasteiger partial charge >= 0.3 is 0 Å². The number of hydrogen-bond acceptors (Lipinski definition) is 3. The molecule has 1 aromatic heterocycles. The number of rotatable bonds is 7. The molecule has 1 aliphatic rings. The van der Waals surface area contributed by atoms with Crippen molar-refractivity contribution in [1.82, 2.24) is 19.8 Å². The molecule has 0 amide bonds. The lowest BCUT2D eigenvalue weighted by Gasteiger charge is -2.43. The summed E-state index contributed by atoms with van der Waals surface area (Å²) in [5.74, 6) is 1.44. The van der Waals surface area contributed by atoms with E-state index < -0.39 is 0 Å². The van der Waals surface area contributed by atoms with Crippen LogP contribution in [0.25, 0.3) is 11.4 Å². The number of aromatic nitrogens is 2. The first-order valence-electron chi connectivity index (χ1n) is 14.5. The van der Waals surface area contributed by atoms with Crippen LogP contribution in [0.3, 0.4) is 0 Å². The summed E-state index contributed by atoms with van der Waals surface area (Å²) in [6.45, 7) is 17.7. The fourth-order valence-corrected chi connectivity index (χ4v) is 6.10. The monoisotopic (exact) mass is 520 g/mol. The summed E-state index contributed by atoms with van der Waals surface area (Å²) in [7, 11) is 0. The van der Waals surface area contributed by atoms with E-state index in [1.54, 1.807) is 0 Å². The summed E-state index contributed by atoms with van der Waals surface area (Å²) in [4.78, 5) is 14.1. The number of H-pyrrole nitrogens is 1. The molecule has 1 saturated heterocycles. The number of aromatic amines is 1. The van der Waals surface area contributed by atoms with Crippen LogP contribution in [-0.4, -0.2) is 45.9 Å². The second-order valence-corrected chi connectivity index (χ2v) is 12.4. The van der Waals surface area contributed by atoms with Gasteiger partial charge in [0, 0.05) is 37.4 Å². The Morgan fingerprint density at radius 2 is 1.23 bits per heavy atom. The molecule has 0 radical (unpaired) electrons. The van der Waals surface area contributed by atoms with E-state index in [0.717, 1.165) is 37.6 Å². The van der Waals surface area contributed by atoms with Crippen molar-refractivity contribution in [2.75, 3.05) is 26.2 Å². The van der Waals surface area contributed by atoms with E-state index in [1.165, 1.54) is 28.1 Å². The molecule has 1 atom stereocenters. The van der Waals surface area contributed by atoms with Gasteiger partial charge in [-0.25, -0.2) is 4.98 Å². The number of aryl methyl sites for hydroxylation is 1. The number of nitrogens with zero attached hydrogens (tertiary/aromatic N) is 3. The molecule has 3 aromatic carbocycles. The Balaban J connectivity index is 1.35. The van der Waals surface area contributed by atoms with Gasteiger partial charge in [-0.1, -0.05) is 120 Å². The fourth-order valence-electron chi connectivity index (χ4n) is 6.10. The Bertz CT molecular complexity index is 1290. The minimum absolute atomic E-state index is 0.147. The van der Waals surface area contributed by atoms with Crippen LogP contribution < -0.4 is 0 Å². The normalized spacial score (nSPS) is 16.2. The second kappa shape index (κ2) is 11.5. The van der Waals surface area contributed by atoms with E-state index in [2.05, 4.69) is 141 Å². The molecule has 1 N–H and O–H groups in total. The number of benzene rings is 3. The smallest absolute Gasteiger partial charge is 0.137 e. The summed E-state index contributed by atoms with van der Waals surface area (Å²) in [5, 5.41) is 0. The Labute approximate surface area is 235 Å². The van der Waals surface area contributed by atoms with Crippen molar-refractivity contribution < 1.29 is 0 Å². The van der Waals surface area contributed by atoms with Gasteiger partial charge in [0.05, 0.1) is 17.8 Å². The van der Waals surface area contributed by atoms with Gasteiger partial charge in [0.25, 0.3) is 0 Å². The van der Waals surface area contributed by atoms with Gasteiger partial charge in [-0.3, -0.25) is 9.80 Å². The average Bonchev–Trinajstić information content (AvgIpc) is 3.31. The van der Waals surface area contributed by atoms with Crippen molar-refractivity contribution in [1.29, 1.82) is 0 Å². The molecule has 0 spiro atoms. The molecule has 0 saturated carbocycles. The van der Waals surface area contributed by atoms with Crippen LogP contribution in [0.1, 0.15) is 74.8 Å². The highest BCUT2D eigenvalue weighted by molar-refractivity contribution is 5.57. The van der Waals surface area contributed by atoms with E-state index >= 15 is 0 Å². The molecule has 4 heteroatoms. The fraction of sp³-hybridized carbons (Fsp3) is 0.400. The molecule has 39 heavy (non-hydrogen) atoms. The Kier molecular flexibility index (Phi) is 8.06. The third-order valence-corrected chi connectivity index (χ3v) is 8.20. The first-order chi connectivity index (χ1) is 18.7. The molecule has 1 aliphatic heterocycles. The number of imidazole rings is 1. The lowest BCUT2D eigenvalue weighted by Crippen LogP contribution is -2.50. The zero-order valence-electron chi connectivity index (χ0n) is 24.5. The summed E-state index contributed by atoms with van der Waals surface area (Å²) in [5.41, 5.74) is 7.74. The van der Waals surface area contributed by atoms with Gasteiger partial charge in [0.2, 0.25) is 0 Å². The van der Waals surface area contributed by atoms with Crippen LogP contribution in [0.15, 0.2) is 84.9 Å². The van der Waals surface area contributed by atoms with Gasteiger partial charge in [-0.05, 0) is 34.9 Å². The molecule has 4 nitrogen and oxygen atoms in total. The predicted octanol–water partition coefficient (Wildman–Crippen LogP) is 7.79. The third kappa shape index (κ3) is 6.03. The largest absolute Gasteiger partial charge is 0.342 e. The van der Waals surface area contributed by atoms with E-state index in [1.807, 2.05) is 0 Å². The molecule has 1 fully saturated rings. The van der Waals surface area contributed by atoms with E-state index in [4.69, 9.17) is 4.98 Å². The van der Waals surface area contributed by atoms with E-state index in [-0.39, 0.29) is 17.5 Å². The quantitative estimate of drug-likeness (QED) is 0.270. The SMILES string of the molecule is Cc1[nH]c(-c2ccc(C(C)(C)C)cc2)nc1C(C(C)C)N1CCN(C(c2ccccc2)c2ccccc2)CC1. The maximum Gasteiger partial charge on any atom is 0.137 e. The lowest BCUT2D eigenvalue weighted by atomic mass is 9.87. The number of hydrogen-bond donors (Lipinski definition) is 1. The zero-order valence-corrected chi connectivity index (χ0v) is 24.5. The lowest BCUT2D eigenvalue weighted by molar-refractivity contribution is 0.0599. The first kappa shape index (κ1) is 27.4. The average molecular weight is 521 g/mol. The molecule has 2 heterocycles. The summed E-state index contributed by atoms with van der Waals surface area (Å²) >= 11 is 0. The molecule has 1 unspecified atom stereocenters. The van der Waals surface area contributed by atoms with Crippen LogP contribution in [0, 0.1) is 12.8 Å². The Morgan fingerprint density at radius 3 is 1.72 bits per heavy atom. The van der Waals surface area contributed by atoms with E-state index in [9.17, 15) is 0 Å². The molecular formula is C35H44N4. The summed E-state index contributed by atoms with van der Waals surface area (Å²) in [6, 6.07) is 31.4. The van der Waals surface area contributed by atoms with Gasteiger partial charge in [-0.15, -0.1) is 0 Å². The van der Waals surface area contributed by atoms with Crippen LogP contribution in [0.4, 0.5) is 0 Å². The van der Waals surface area contributed by atoms with Crippen LogP contribution in [0.2, 0.25) is 0 Å². The second-order valence-electron chi connectivity index (χ2n) is 12.4. The molecule has 5 rings (SSSR count). The minimum atomic E-state index is 0.147. The van der Waals surface area contributed by atoms with Gasteiger partial charge in [0.1, 0.15) is 5.82 Å². The van der Waals surface area contributed by atoms with Gasteiger partial charge < -0.3 is 4.98 Å². The van der Waals surface area contributed by atoms with E-state index in [0.29, 0.717) is 5.92 Å². The summed E-state index contributed by atoms with van der Waals surface area (Å²) in [6.07, 6.45) is 0.